The normalized spacial score (nSPS) is 29.4. The number of likely N-dealkylation sites (tertiary alicyclic amines) is 1. The second kappa shape index (κ2) is 6.25. The molecular weight excluding hydrogens is 254 g/mol. The van der Waals surface area contributed by atoms with Crippen LogP contribution in [0.4, 0.5) is 0 Å². The summed E-state index contributed by atoms with van der Waals surface area (Å²) < 4.78 is 0. The van der Waals surface area contributed by atoms with Gasteiger partial charge in [0.05, 0.1) is 5.41 Å². The van der Waals surface area contributed by atoms with Crippen LogP contribution in [0.3, 0.4) is 0 Å². The van der Waals surface area contributed by atoms with Crippen LogP contribution in [-0.2, 0) is 9.59 Å². The molecule has 0 bridgehead atoms. The molecule has 0 radical (unpaired) electrons. The first kappa shape index (κ1) is 15.5. The maximum Gasteiger partial charge on any atom is 0.310 e. The van der Waals surface area contributed by atoms with Crippen molar-refractivity contribution >= 4 is 11.8 Å². The van der Waals surface area contributed by atoms with Crippen LogP contribution < -0.4 is 0 Å². The number of ketones is 1. The van der Waals surface area contributed by atoms with Crippen LogP contribution in [0.25, 0.3) is 0 Å². The molecule has 4 heteroatoms. The summed E-state index contributed by atoms with van der Waals surface area (Å²) in [6.45, 7) is 5.05. The van der Waals surface area contributed by atoms with E-state index >= 15 is 0 Å². The molecule has 20 heavy (non-hydrogen) atoms. The van der Waals surface area contributed by atoms with Gasteiger partial charge in [0.2, 0.25) is 0 Å². The van der Waals surface area contributed by atoms with Crippen molar-refractivity contribution in [1.82, 2.24) is 4.90 Å². The monoisotopic (exact) mass is 281 g/mol. The van der Waals surface area contributed by atoms with Crippen molar-refractivity contribution in [2.75, 3.05) is 13.1 Å². The van der Waals surface area contributed by atoms with E-state index in [2.05, 4.69) is 4.90 Å². The van der Waals surface area contributed by atoms with E-state index in [1.54, 1.807) is 13.8 Å². The quantitative estimate of drug-likeness (QED) is 0.861. The zero-order valence-corrected chi connectivity index (χ0v) is 12.7. The lowest BCUT2D eigenvalue weighted by Gasteiger charge is -2.43. The molecule has 2 unspecified atom stereocenters. The molecule has 1 aliphatic carbocycles. The van der Waals surface area contributed by atoms with Gasteiger partial charge in [0.25, 0.3) is 0 Å². The molecule has 4 nitrogen and oxygen atoms in total. The highest BCUT2D eigenvalue weighted by molar-refractivity contribution is 5.82. The number of carbonyl (C=O) groups is 2. The molecule has 114 valence electrons. The summed E-state index contributed by atoms with van der Waals surface area (Å²) in [7, 11) is 0. The average Bonchev–Trinajstić information content (AvgIpc) is 2.40. The number of hydrogen-bond acceptors (Lipinski definition) is 3. The van der Waals surface area contributed by atoms with Crippen molar-refractivity contribution in [2.24, 2.45) is 11.3 Å². The van der Waals surface area contributed by atoms with E-state index in [0.29, 0.717) is 12.3 Å². The smallest absolute Gasteiger partial charge is 0.310 e. The third kappa shape index (κ3) is 3.40. The Kier molecular flexibility index (Phi) is 4.84. The minimum absolute atomic E-state index is 0.147. The summed E-state index contributed by atoms with van der Waals surface area (Å²) in [6, 6.07) is 0.273. The fraction of sp³-hybridized carbons (Fsp3) is 0.875. The molecule has 0 aromatic heterocycles. The number of hydrogen-bond donors (Lipinski definition) is 1. The number of carbonyl (C=O) groups excluding carboxylic acids is 1. The van der Waals surface area contributed by atoms with Crippen LogP contribution in [0.2, 0.25) is 0 Å². The van der Waals surface area contributed by atoms with Crippen molar-refractivity contribution in [2.45, 2.75) is 64.8 Å². The topological polar surface area (TPSA) is 57.6 Å². The van der Waals surface area contributed by atoms with Gasteiger partial charge < -0.3 is 5.11 Å². The highest BCUT2D eigenvalue weighted by atomic mass is 16.4. The van der Waals surface area contributed by atoms with Crippen molar-refractivity contribution in [3.8, 4) is 0 Å². The highest BCUT2D eigenvalue weighted by Gasteiger charge is 2.39. The molecule has 1 N–H and O–H groups in total. The lowest BCUT2D eigenvalue weighted by molar-refractivity contribution is -0.149. The predicted octanol–water partition coefficient (Wildman–Crippen LogP) is 2.71. The van der Waals surface area contributed by atoms with E-state index < -0.39 is 11.4 Å². The Morgan fingerprint density at radius 1 is 1.25 bits per heavy atom. The predicted molar refractivity (Wildman–Crippen MR) is 77.6 cm³/mol. The van der Waals surface area contributed by atoms with Gasteiger partial charge in [0.1, 0.15) is 5.78 Å². The van der Waals surface area contributed by atoms with E-state index in [0.717, 1.165) is 45.1 Å². The van der Waals surface area contributed by atoms with Gasteiger partial charge in [-0.25, -0.2) is 0 Å². The molecule has 2 fully saturated rings. The number of Topliss-reactive ketones (excluding diaryl/α,β-unsaturated/α-hetero) is 1. The van der Waals surface area contributed by atoms with Crippen molar-refractivity contribution in [1.29, 1.82) is 0 Å². The molecule has 1 aliphatic heterocycles. The third-order valence-corrected chi connectivity index (χ3v) is 4.91. The van der Waals surface area contributed by atoms with Gasteiger partial charge >= 0.3 is 5.97 Å². The Hall–Kier alpha value is -0.900. The Labute approximate surface area is 121 Å². The lowest BCUT2D eigenvalue weighted by Crippen LogP contribution is -2.51. The number of nitrogens with zero attached hydrogens (tertiary/aromatic N) is 1. The van der Waals surface area contributed by atoms with Gasteiger partial charge in [-0.15, -0.1) is 0 Å². The number of carboxylic acid groups (broad SMARTS) is 1. The van der Waals surface area contributed by atoms with Crippen LogP contribution in [0, 0.1) is 11.3 Å². The minimum Gasteiger partial charge on any atom is -0.481 e. The van der Waals surface area contributed by atoms with Gasteiger partial charge in [0.15, 0.2) is 0 Å². The van der Waals surface area contributed by atoms with Crippen molar-refractivity contribution in [3.63, 3.8) is 0 Å². The number of piperidine rings is 1. The fourth-order valence-corrected chi connectivity index (χ4v) is 3.66. The van der Waals surface area contributed by atoms with Gasteiger partial charge in [-0.3, -0.25) is 14.5 Å². The molecule has 1 saturated carbocycles. The summed E-state index contributed by atoms with van der Waals surface area (Å²) in [6.07, 6.45) is 7.22. The maximum absolute atomic E-state index is 12.2. The molecule has 1 heterocycles. The summed E-state index contributed by atoms with van der Waals surface area (Å²) in [5, 5.41) is 9.33. The van der Waals surface area contributed by atoms with Crippen molar-refractivity contribution < 1.29 is 14.7 Å². The number of aliphatic carboxylic acids is 1. The molecule has 0 aromatic rings. The maximum atomic E-state index is 12.2. The van der Waals surface area contributed by atoms with Crippen LogP contribution in [0.5, 0.6) is 0 Å². The molecular formula is C16H27NO3. The van der Waals surface area contributed by atoms with E-state index in [9.17, 15) is 14.7 Å². The largest absolute Gasteiger partial charge is 0.481 e. The summed E-state index contributed by atoms with van der Waals surface area (Å²) in [5.41, 5.74) is -0.743. The Balaban J connectivity index is 2.08. The van der Waals surface area contributed by atoms with E-state index in [-0.39, 0.29) is 12.0 Å². The van der Waals surface area contributed by atoms with Crippen LogP contribution in [0.15, 0.2) is 0 Å². The molecule has 0 spiro atoms. The number of carboxylic acids is 1. The number of rotatable bonds is 4. The molecule has 2 atom stereocenters. The summed E-state index contributed by atoms with van der Waals surface area (Å²) >= 11 is 0. The zero-order chi connectivity index (χ0) is 14.8. The second-order valence-corrected chi connectivity index (χ2v) is 7.04. The third-order valence-electron chi connectivity index (χ3n) is 4.91. The van der Waals surface area contributed by atoms with E-state index in [1.807, 2.05) is 0 Å². The van der Waals surface area contributed by atoms with Gasteiger partial charge in [-0.2, -0.15) is 0 Å². The Morgan fingerprint density at radius 3 is 2.60 bits per heavy atom. The first-order valence-corrected chi connectivity index (χ1v) is 7.92. The summed E-state index contributed by atoms with van der Waals surface area (Å²) in [4.78, 5) is 25.8. The van der Waals surface area contributed by atoms with Gasteiger partial charge in [0, 0.05) is 24.9 Å². The fourth-order valence-electron chi connectivity index (χ4n) is 3.66. The SMILES string of the molecule is CC(C)(CN1CCCCC1C1CCCCC1=O)C(=O)O. The van der Waals surface area contributed by atoms with Crippen LogP contribution in [-0.4, -0.2) is 40.9 Å². The molecule has 2 aliphatic rings. The Morgan fingerprint density at radius 2 is 1.95 bits per heavy atom. The molecule has 1 saturated heterocycles. The minimum atomic E-state index is -0.753. The molecule has 0 amide bonds. The average molecular weight is 281 g/mol. The van der Waals surface area contributed by atoms with Crippen LogP contribution >= 0.6 is 0 Å². The van der Waals surface area contributed by atoms with Gasteiger partial charge in [-0.1, -0.05) is 12.8 Å². The lowest BCUT2D eigenvalue weighted by atomic mass is 9.78. The highest BCUT2D eigenvalue weighted by Crippen LogP contribution is 2.33. The van der Waals surface area contributed by atoms with E-state index in [1.165, 1.54) is 6.42 Å². The van der Waals surface area contributed by atoms with Crippen LogP contribution in [0.1, 0.15) is 58.8 Å². The molecule has 2 rings (SSSR count). The zero-order valence-electron chi connectivity index (χ0n) is 12.7. The first-order chi connectivity index (χ1) is 9.42. The van der Waals surface area contributed by atoms with Crippen molar-refractivity contribution in [3.05, 3.63) is 0 Å². The van der Waals surface area contributed by atoms with Gasteiger partial charge in [-0.05, 0) is 46.1 Å². The van der Waals surface area contributed by atoms with E-state index in [4.69, 9.17) is 0 Å². The second-order valence-electron chi connectivity index (χ2n) is 7.04. The Bertz CT molecular complexity index is 378. The summed E-state index contributed by atoms with van der Waals surface area (Å²) in [5.74, 6) is -0.202. The standard InChI is InChI=1S/C16H27NO3/c1-16(2,15(19)20)11-17-10-6-5-8-13(17)12-7-3-4-9-14(12)18/h12-13H,3-11H2,1-2H3,(H,19,20). The molecule has 0 aromatic carbocycles. The first-order valence-electron chi connectivity index (χ1n) is 7.92.